The number of halogens is 2. The highest BCUT2D eigenvalue weighted by Crippen LogP contribution is 2.40. The first-order chi connectivity index (χ1) is 14.6. The largest absolute Gasteiger partial charge is 0.487 e. The average Bonchev–Trinajstić information content (AvgIpc) is 2.66. The molecule has 31 heavy (non-hydrogen) atoms. The van der Waals surface area contributed by atoms with Gasteiger partial charge in [0.25, 0.3) is 0 Å². The topological polar surface area (TPSA) is 25.4 Å². The smallest absolute Gasteiger partial charge is 0.146 e. The molecule has 3 rings (SSSR count). The van der Waals surface area contributed by atoms with E-state index in [4.69, 9.17) is 4.74 Å². The van der Waals surface area contributed by atoms with Gasteiger partial charge in [-0.1, -0.05) is 47.5 Å². The summed E-state index contributed by atoms with van der Waals surface area (Å²) >= 11 is 3.40. The zero-order valence-corrected chi connectivity index (χ0v) is 21.8. The summed E-state index contributed by atoms with van der Waals surface area (Å²) in [6.45, 7) is 15.1. The van der Waals surface area contributed by atoms with Gasteiger partial charge >= 0.3 is 0 Å². The summed E-state index contributed by atoms with van der Waals surface area (Å²) in [6, 6.07) is 9.00. The molecule has 1 aliphatic heterocycles. The van der Waals surface area contributed by atoms with Crippen LogP contribution in [0.25, 0.3) is 0 Å². The summed E-state index contributed by atoms with van der Waals surface area (Å²) in [5.74, 6) is 4.37. The highest BCUT2D eigenvalue weighted by molar-refractivity contribution is 9.10. The molecule has 1 aliphatic rings. The van der Waals surface area contributed by atoms with Gasteiger partial charge < -0.3 is 9.64 Å². The Kier molecular flexibility index (Phi) is 7.49. The van der Waals surface area contributed by atoms with Gasteiger partial charge in [-0.15, -0.1) is 5.54 Å². The van der Waals surface area contributed by atoms with Gasteiger partial charge in [0.05, 0.1) is 18.7 Å². The molecule has 166 valence electrons. The van der Waals surface area contributed by atoms with Gasteiger partial charge in [0, 0.05) is 16.7 Å². The first-order valence-corrected chi connectivity index (χ1v) is 14.0. The van der Waals surface area contributed by atoms with Gasteiger partial charge in [0.2, 0.25) is 0 Å². The van der Waals surface area contributed by atoms with E-state index in [1.807, 2.05) is 18.2 Å². The fourth-order valence-corrected chi connectivity index (χ4v) is 10.2. The zero-order chi connectivity index (χ0) is 22.8. The van der Waals surface area contributed by atoms with Gasteiger partial charge in [-0.05, 0) is 56.8 Å². The minimum atomic E-state index is -1.89. The third-order valence-corrected chi connectivity index (χ3v) is 13.2. The number of pyridine rings is 1. The van der Waals surface area contributed by atoms with E-state index in [1.54, 1.807) is 12.3 Å². The number of rotatable bonds is 6. The van der Waals surface area contributed by atoms with Crippen LogP contribution in [0.3, 0.4) is 0 Å². The standard InChI is InChI=1S/C25H32BrFN2OSi/c1-17(2)31(18(3)4,19(5)6)12-11-20-7-9-22(13-24(20)27)30-23-15-29(16-23)25-10-8-21(26)14-28-25/h7-10,13-14,17-19,23H,15-16H2,1-6H3. The number of hydrogen-bond donors (Lipinski definition) is 0. The predicted octanol–water partition coefficient (Wildman–Crippen LogP) is 6.82. The maximum atomic E-state index is 14.8. The van der Waals surface area contributed by atoms with Crippen molar-refractivity contribution in [1.29, 1.82) is 0 Å². The molecule has 2 heterocycles. The summed E-state index contributed by atoms with van der Waals surface area (Å²) < 4.78 is 21.7. The maximum absolute atomic E-state index is 14.8. The van der Waals surface area contributed by atoms with Crippen molar-refractivity contribution in [3.8, 4) is 17.2 Å². The molecule has 1 aromatic carbocycles. The van der Waals surface area contributed by atoms with Crippen molar-refractivity contribution in [3.63, 3.8) is 0 Å². The molecule has 0 bridgehead atoms. The van der Waals surface area contributed by atoms with E-state index in [9.17, 15) is 4.39 Å². The van der Waals surface area contributed by atoms with Gasteiger partial charge in [0.1, 0.15) is 31.6 Å². The van der Waals surface area contributed by atoms with Crippen LogP contribution in [0, 0.1) is 17.3 Å². The lowest BCUT2D eigenvalue weighted by Crippen LogP contribution is -2.54. The number of hydrogen-bond acceptors (Lipinski definition) is 3. The fourth-order valence-electron chi connectivity index (χ4n) is 4.73. The zero-order valence-electron chi connectivity index (χ0n) is 19.2. The van der Waals surface area contributed by atoms with Crippen LogP contribution < -0.4 is 9.64 Å². The van der Waals surface area contributed by atoms with Crippen molar-refractivity contribution in [2.45, 2.75) is 64.3 Å². The molecule has 0 radical (unpaired) electrons. The molecule has 0 spiro atoms. The van der Waals surface area contributed by atoms with Crippen LogP contribution in [-0.4, -0.2) is 32.3 Å². The molecule has 0 unspecified atom stereocenters. The van der Waals surface area contributed by atoms with Gasteiger partial charge in [-0.25, -0.2) is 9.37 Å². The van der Waals surface area contributed by atoms with Crippen molar-refractivity contribution in [1.82, 2.24) is 4.98 Å². The van der Waals surface area contributed by atoms with Crippen molar-refractivity contribution < 1.29 is 9.13 Å². The average molecular weight is 504 g/mol. The normalized spacial score (nSPS) is 14.6. The second-order valence-corrected chi connectivity index (χ2v) is 15.8. The highest BCUT2D eigenvalue weighted by Gasteiger charge is 2.41. The molecule has 0 saturated carbocycles. The molecule has 1 fully saturated rings. The van der Waals surface area contributed by atoms with Crippen LogP contribution in [0.2, 0.25) is 16.6 Å². The molecule has 3 nitrogen and oxygen atoms in total. The van der Waals surface area contributed by atoms with E-state index in [1.165, 1.54) is 6.07 Å². The van der Waals surface area contributed by atoms with E-state index >= 15 is 0 Å². The maximum Gasteiger partial charge on any atom is 0.146 e. The monoisotopic (exact) mass is 502 g/mol. The minimum absolute atomic E-state index is 0.0321. The first kappa shape index (κ1) is 23.8. The third kappa shape index (κ3) is 5.15. The Morgan fingerprint density at radius 1 is 1.06 bits per heavy atom. The van der Waals surface area contributed by atoms with Crippen LogP contribution >= 0.6 is 15.9 Å². The number of anilines is 1. The molecule has 0 amide bonds. The lowest BCUT2D eigenvalue weighted by atomic mass is 10.1. The van der Waals surface area contributed by atoms with Crippen LogP contribution in [0.15, 0.2) is 41.0 Å². The van der Waals surface area contributed by atoms with Gasteiger partial charge in [-0.3, -0.25) is 0 Å². The lowest BCUT2D eigenvalue weighted by molar-refractivity contribution is 0.166. The molecule has 1 aromatic heterocycles. The molecule has 1 saturated heterocycles. The number of nitrogens with zero attached hydrogens (tertiary/aromatic N) is 2. The summed E-state index contributed by atoms with van der Waals surface area (Å²) in [5.41, 5.74) is 5.61. The molecule has 6 heteroatoms. The number of ether oxygens (including phenoxy) is 1. The third-order valence-electron chi connectivity index (χ3n) is 6.41. The van der Waals surface area contributed by atoms with E-state index in [2.05, 4.69) is 78.8 Å². The molecule has 2 aromatic rings. The minimum Gasteiger partial charge on any atom is -0.487 e. The fraction of sp³-hybridized carbons (Fsp3) is 0.480. The van der Waals surface area contributed by atoms with E-state index in [0.29, 0.717) is 27.9 Å². The van der Waals surface area contributed by atoms with E-state index in [-0.39, 0.29) is 11.9 Å². The quantitative estimate of drug-likeness (QED) is 0.320. The highest BCUT2D eigenvalue weighted by atomic mass is 79.9. The van der Waals surface area contributed by atoms with Crippen LogP contribution in [-0.2, 0) is 0 Å². The molecular formula is C25H32BrFN2OSi. The number of benzene rings is 1. The van der Waals surface area contributed by atoms with Crippen molar-refractivity contribution in [2.75, 3.05) is 18.0 Å². The van der Waals surface area contributed by atoms with Crippen LogP contribution in [0.5, 0.6) is 5.75 Å². The van der Waals surface area contributed by atoms with E-state index in [0.717, 1.165) is 23.4 Å². The molecule has 0 N–H and O–H groups in total. The SMILES string of the molecule is CC(C)[Si](C#Cc1ccc(OC2CN(c3ccc(Br)cn3)C2)cc1F)(C(C)C)C(C)C. The Hall–Kier alpha value is -1.84. The summed E-state index contributed by atoms with van der Waals surface area (Å²) in [4.78, 5) is 6.54. The summed E-state index contributed by atoms with van der Waals surface area (Å²) in [6.07, 6.45) is 1.82. The molecular weight excluding hydrogens is 471 g/mol. The lowest BCUT2D eigenvalue weighted by Gasteiger charge is -2.39. The first-order valence-electron chi connectivity index (χ1n) is 11.0. The number of aromatic nitrogens is 1. The second kappa shape index (κ2) is 9.75. The second-order valence-electron chi connectivity index (χ2n) is 9.27. The van der Waals surface area contributed by atoms with Gasteiger partial charge in [-0.2, -0.15) is 0 Å². The summed E-state index contributed by atoms with van der Waals surface area (Å²) in [7, 11) is -1.89. The Morgan fingerprint density at radius 3 is 2.23 bits per heavy atom. The molecule has 0 atom stereocenters. The Bertz CT molecular complexity index is 938. The van der Waals surface area contributed by atoms with Crippen molar-refractivity contribution in [3.05, 3.63) is 52.4 Å². The van der Waals surface area contributed by atoms with Crippen molar-refractivity contribution >= 4 is 29.8 Å². The van der Waals surface area contributed by atoms with Crippen molar-refractivity contribution in [2.24, 2.45) is 0 Å². The predicted molar refractivity (Wildman–Crippen MR) is 133 cm³/mol. The van der Waals surface area contributed by atoms with E-state index < -0.39 is 8.07 Å². The Morgan fingerprint density at radius 2 is 1.71 bits per heavy atom. The van der Waals surface area contributed by atoms with Gasteiger partial charge in [0.15, 0.2) is 0 Å². The Labute approximate surface area is 195 Å². The molecule has 0 aliphatic carbocycles. The van der Waals surface area contributed by atoms with Crippen LogP contribution in [0.4, 0.5) is 10.2 Å². The summed E-state index contributed by atoms with van der Waals surface area (Å²) in [5, 5.41) is 0. The Balaban J connectivity index is 1.67. The van der Waals surface area contributed by atoms with Crippen LogP contribution in [0.1, 0.15) is 47.1 Å².